The molecule has 0 atom stereocenters. The molecule has 0 saturated carbocycles. The van der Waals surface area contributed by atoms with Crippen molar-refractivity contribution in [3.05, 3.63) is 33.8 Å². The van der Waals surface area contributed by atoms with Gasteiger partial charge in [-0.1, -0.05) is 36.5 Å². The van der Waals surface area contributed by atoms with E-state index in [-0.39, 0.29) is 0 Å². The van der Waals surface area contributed by atoms with Crippen LogP contribution in [0.25, 0.3) is 10.9 Å². The van der Waals surface area contributed by atoms with Crippen molar-refractivity contribution in [2.45, 2.75) is 26.7 Å². The number of hydrogen-bond donors (Lipinski definition) is 1. The van der Waals surface area contributed by atoms with Crippen molar-refractivity contribution in [3.63, 3.8) is 0 Å². The van der Waals surface area contributed by atoms with Crippen molar-refractivity contribution in [1.82, 2.24) is 4.98 Å². The number of rotatable bonds is 4. The van der Waals surface area contributed by atoms with Crippen molar-refractivity contribution in [1.29, 1.82) is 0 Å². The number of nitrogens with zero attached hydrogens (tertiary/aromatic N) is 1. The van der Waals surface area contributed by atoms with Crippen LogP contribution in [-0.4, -0.2) is 11.5 Å². The molecule has 2 aromatic rings. The maximum absolute atomic E-state index is 6.21. The minimum Gasteiger partial charge on any atom is -0.370 e. The minimum absolute atomic E-state index is 0.636. The maximum Gasteiger partial charge on any atom is 0.129 e. The van der Waals surface area contributed by atoms with Gasteiger partial charge in [-0.15, -0.1) is 0 Å². The third kappa shape index (κ3) is 2.55. The summed E-state index contributed by atoms with van der Waals surface area (Å²) >= 11 is 12.4. The number of benzene rings is 1. The SMILES string of the molecule is CCCc1cc2c(Cl)ccc(Cl)c2nc1NCC. The number of hydrogen-bond acceptors (Lipinski definition) is 2. The molecular weight excluding hydrogens is 267 g/mol. The molecule has 0 aliphatic heterocycles. The lowest BCUT2D eigenvalue weighted by atomic mass is 10.1. The fourth-order valence-electron chi connectivity index (χ4n) is 2.01. The quantitative estimate of drug-likeness (QED) is 0.860. The standard InChI is InChI=1S/C14H16Cl2N2/c1-3-5-9-8-10-11(15)6-7-12(16)13(10)18-14(9)17-4-2/h6-8H,3-5H2,1-2H3,(H,17,18). The summed E-state index contributed by atoms with van der Waals surface area (Å²) in [5, 5.41) is 5.54. The van der Waals surface area contributed by atoms with Crippen LogP contribution in [0.1, 0.15) is 25.8 Å². The van der Waals surface area contributed by atoms with Crippen LogP contribution in [0.2, 0.25) is 10.0 Å². The highest BCUT2D eigenvalue weighted by Gasteiger charge is 2.10. The molecule has 0 fully saturated rings. The van der Waals surface area contributed by atoms with E-state index in [1.54, 1.807) is 6.07 Å². The van der Waals surface area contributed by atoms with Crippen molar-refractivity contribution in [2.75, 3.05) is 11.9 Å². The second kappa shape index (κ2) is 5.77. The molecule has 2 nitrogen and oxygen atoms in total. The number of anilines is 1. The molecule has 2 rings (SSSR count). The molecule has 1 aromatic heterocycles. The predicted octanol–water partition coefficient (Wildman–Crippen LogP) is 4.93. The first-order chi connectivity index (χ1) is 8.67. The van der Waals surface area contributed by atoms with Gasteiger partial charge < -0.3 is 5.32 Å². The predicted molar refractivity (Wildman–Crippen MR) is 79.9 cm³/mol. The highest BCUT2D eigenvalue weighted by Crippen LogP contribution is 2.31. The van der Waals surface area contributed by atoms with Crippen LogP contribution in [-0.2, 0) is 6.42 Å². The first-order valence-corrected chi connectivity index (χ1v) is 6.94. The van der Waals surface area contributed by atoms with Gasteiger partial charge in [0.15, 0.2) is 0 Å². The van der Waals surface area contributed by atoms with Gasteiger partial charge in [0.1, 0.15) is 5.82 Å². The zero-order valence-corrected chi connectivity index (χ0v) is 12.1. The fraction of sp³-hybridized carbons (Fsp3) is 0.357. The van der Waals surface area contributed by atoms with E-state index in [0.29, 0.717) is 10.0 Å². The highest BCUT2D eigenvalue weighted by molar-refractivity contribution is 6.39. The van der Waals surface area contributed by atoms with Gasteiger partial charge in [-0.25, -0.2) is 4.98 Å². The Kier molecular flexibility index (Phi) is 4.31. The summed E-state index contributed by atoms with van der Waals surface area (Å²) in [6, 6.07) is 5.70. The lowest BCUT2D eigenvalue weighted by molar-refractivity contribution is 0.916. The Bertz CT molecular complexity index is 517. The van der Waals surface area contributed by atoms with Crippen LogP contribution in [0.15, 0.2) is 18.2 Å². The highest BCUT2D eigenvalue weighted by atomic mass is 35.5. The van der Waals surface area contributed by atoms with E-state index in [1.165, 1.54) is 5.56 Å². The number of halogens is 2. The minimum atomic E-state index is 0.636. The van der Waals surface area contributed by atoms with Crippen molar-refractivity contribution in [2.24, 2.45) is 0 Å². The Morgan fingerprint density at radius 1 is 1.17 bits per heavy atom. The third-order valence-corrected chi connectivity index (χ3v) is 3.46. The second-order valence-corrected chi connectivity index (χ2v) is 5.02. The first kappa shape index (κ1) is 13.4. The second-order valence-electron chi connectivity index (χ2n) is 4.20. The molecule has 1 aromatic carbocycles. The summed E-state index contributed by atoms with van der Waals surface area (Å²) in [6.45, 7) is 5.05. The molecule has 0 radical (unpaired) electrons. The van der Waals surface area contributed by atoms with Crippen molar-refractivity contribution < 1.29 is 0 Å². The molecule has 0 aliphatic rings. The van der Waals surface area contributed by atoms with E-state index < -0.39 is 0 Å². The molecule has 1 heterocycles. The average molecular weight is 283 g/mol. The molecule has 0 amide bonds. The van der Waals surface area contributed by atoms with Gasteiger partial charge >= 0.3 is 0 Å². The Labute approximate surface area is 117 Å². The molecular formula is C14H16Cl2N2. The monoisotopic (exact) mass is 282 g/mol. The van der Waals surface area contributed by atoms with Crippen LogP contribution in [0, 0.1) is 0 Å². The molecule has 0 bridgehead atoms. The van der Waals surface area contributed by atoms with E-state index in [9.17, 15) is 0 Å². The van der Waals surface area contributed by atoms with Gasteiger partial charge in [0, 0.05) is 11.9 Å². The van der Waals surface area contributed by atoms with Crippen LogP contribution in [0.3, 0.4) is 0 Å². The molecule has 0 unspecified atom stereocenters. The van der Waals surface area contributed by atoms with Crippen molar-refractivity contribution >= 4 is 39.9 Å². The molecule has 96 valence electrons. The summed E-state index contributed by atoms with van der Waals surface area (Å²) in [4.78, 5) is 4.62. The normalized spacial score (nSPS) is 10.9. The summed E-state index contributed by atoms with van der Waals surface area (Å²) in [6.07, 6.45) is 2.05. The number of aryl methyl sites for hydroxylation is 1. The largest absolute Gasteiger partial charge is 0.370 e. The molecule has 0 spiro atoms. The van der Waals surface area contributed by atoms with Gasteiger partial charge in [0.25, 0.3) is 0 Å². The Hall–Kier alpha value is -0.990. The van der Waals surface area contributed by atoms with Crippen LogP contribution in [0.4, 0.5) is 5.82 Å². The zero-order chi connectivity index (χ0) is 13.1. The molecule has 1 N–H and O–H groups in total. The third-order valence-electron chi connectivity index (χ3n) is 2.82. The van der Waals surface area contributed by atoms with Gasteiger partial charge in [0.05, 0.1) is 15.6 Å². The van der Waals surface area contributed by atoms with E-state index in [0.717, 1.165) is 36.1 Å². The van der Waals surface area contributed by atoms with Gasteiger partial charge in [0.2, 0.25) is 0 Å². The summed E-state index contributed by atoms with van der Waals surface area (Å²) in [5.41, 5.74) is 1.95. The molecule has 0 saturated heterocycles. The van der Waals surface area contributed by atoms with E-state index in [2.05, 4.69) is 30.2 Å². The van der Waals surface area contributed by atoms with E-state index in [4.69, 9.17) is 23.2 Å². The number of nitrogens with one attached hydrogen (secondary N) is 1. The smallest absolute Gasteiger partial charge is 0.129 e. The summed E-state index contributed by atoms with van der Waals surface area (Å²) < 4.78 is 0. The lowest BCUT2D eigenvalue weighted by Gasteiger charge is -2.12. The number of fused-ring (bicyclic) bond motifs is 1. The van der Waals surface area contributed by atoms with Crippen LogP contribution in [0.5, 0.6) is 0 Å². The topological polar surface area (TPSA) is 24.9 Å². The zero-order valence-electron chi connectivity index (χ0n) is 10.6. The fourth-order valence-corrected chi connectivity index (χ4v) is 2.43. The number of pyridine rings is 1. The Morgan fingerprint density at radius 3 is 2.56 bits per heavy atom. The Balaban J connectivity index is 2.67. The van der Waals surface area contributed by atoms with Gasteiger partial charge in [-0.05, 0) is 37.1 Å². The van der Waals surface area contributed by atoms with Crippen molar-refractivity contribution in [3.8, 4) is 0 Å². The first-order valence-electron chi connectivity index (χ1n) is 6.18. The van der Waals surface area contributed by atoms with Gasteiger partial charge in [-0.2, -0.15) is 0 Å². The molecule has 18 heavy (non-hydrogen) atoms. The summed E-state index contributed by atoms with van der Waals surface area (Å²) in [5.74, 6) is 0.913. The Morgan fingerprint density at radius 2 is 1.89 bits per heavy atom. The van der Waals surface area contributed by atoms with E-state index in [1.807, 2.05) is 6.07 Å². The summed E-state index contributed by atoms with van der Waals surface area (Å²) in [7, 11) is 0. The van der Waals surface area contributed by atoms with Gasteiger partial charge in [-0.3, -0.25) is 0 Å². The molecule has 0 aliphatic carbocycles. The number of aromatic nitrogens is 1. The van der Waals surface area contributed by atoms with E-state index >= 15 is 0 Å². The van der Waals surface area contributed by atoms with Crippen LogP contribution < -0.4 is 5.32 Å². The van der Waals surface area contributed by atoms with Crippen LogP contribution >= 0.6 is 23.2 Å². The average Bonchev–Trinajstić information content (AvgIpc) is 2.36. The maximum atomic E-state index is 6.21. The lowest BCUT2D eigenvalue weighted by Crippen LogP contribution is -2.04. The molecule has 4 heteroatoms.